The van der Waals surface area contributed by atoms with Crippen LogP contribution >= 0.6 is 0 Å². The molecular weight excluding hydrogens is 987 g/mol. The number of carbonyl (C=O) groups is 1. The third kappa shape index (κ3) is 25.2. The number of carbonyl (C=O) groups excluding carboxylic acids is 1. The fraction of sp³-hybridized carbons (Fsp3) is 0.877. The maximum absolute atomic E-state index is 13.2. The Balaban J connectivity index is 1.51. The van der Waals surface area contributed by atoms with E-state index in [-0.39, 0.29) is 18.9 Å². The lowest BCUT2D eigenvalue weighted by Gasteiger charge is -2.48. The summed E-state index contributed by atoms with van der Waals surface area (Å²) in [5, 5.41) is 120. The van der Waals surface area contributed by atoms with E-state index < -0.39 is 124 Å². The Bertz CT molecular complexity index is 1540. The summed E-state index contributed by atoms with van der Waals surface area (Å²) in [5.41, 5.74) is 0. The molecule has 1 amide bonds. The van der Waals surface area contributed by atoms with Crippen molar-refractivity contribution in [1.29, 1.82) is 0 Å². The summed E-state index contributed by atoms with van der Waals surface area (Å²) in [4.78, 5) is 13.2. The molecule has 0 saturated carbocycles. The number of aliphatic hydroxyl groups excluding tert-OH is 11. The van der Waals surface area contributed by atoms with Gasteiger partial charge in [0.1, 0.15) is 73.2 Å². The molecule has 3 heterocycles. The van der Waals surface area contributed by atoms with E-state index >= 15 is 0 Å². The van der Waals surface area contributed by atoms with Gasteiger partial charge in [-0.3, -0.25) is 4.79 Å². The van der Waals surface area contributed by atoms with E-state index in [0.29, 0.717) is 12.8 Å². The molecule has 3 aliphatic rings. The van der Waals surface area contributed by atoms with Crippen molar-refractivity contribution in [3.8, 4) is 0 Å². The van der Waals surface area contributed by atoms with E-state index in [4.69, 9.17) is 28.4 Å². The molecule has 3 fully saturated rings. The van der Waals surface area contributed by atoms with Crippen LogP contribution in [0.2, 0.25) is 0 Å². The van der Waals surface area contributed by atoms with Crippen molar-refractivity contribution in [2.45, 2.75) is 291 Å². The monoisotopic (exact) mass is 1090 g/mol. The molecule has 12 N–H and O–H groups in total. The number of hydrogen-bond donors (Lipinski definition) is 12. The van der Waals surface area contributed by atoms with E-state index in [1.54, 1.807) is 6.08 Å². The average molecular weight is 1090 g/mol. The number of ether oxygens (including phenoxy) is 6. The highest BCUT2D eigenvalue weighted by Crippen LogP contribution is 2.33. The van der Waals surface area contributed by atoms with Crippen molar-refractivity contribution in [3.05, 3.63) is 36.5 Å². The van der Waals surface area contributed by atoms with Gasteiger partial charge in [-0.15, -0.1) is 0 Å². The Kier molecular flexibility index (Phi) is 36.9. The lowest BCUT2D eigenvalue weighted by atomic mass is 9.96. The number of unbranched alkanes of at least 4 members (excludes halogenated alkanes) is 22. The van der Waals surface area contributed by atoms with Gasteiger partial charge in [-0.1, -0.05) is 166 Å². The number of allylic oxidation sites excluding steroid dienone is 5. The predicted octanol–water partition coefficient (Wildman–Crippen LogP) is 4.54. The lowest BCUT2D eigenvalue weighted by molar-refractivity contribution is -0.379. The fourth-order valence-corrected chi connectivity index (χ4v) is 9.80. The van der Waals surface area contributed by atoms with E-state index in [1.807, 2.05) is 6.08 Å². The smallest absolute Gasteiger partial charge is 0.220 e. The molecule has 17 atom stereocenters. The van der Waals surface area contributed by atoms with Crippen molar-refractivity contribution < 1.29 is 89.4 Å². The Morgan fingerprint density at radius 1 is 0.461 bits per heavy atom. The van der Waals surface area contributed by atoms with Gasteiger partial charge in [0.25, 0.3) is 0 Å². The molecule has 444 valence electrons. The van der Waals surface area contributed by atoms with Gasteiger partial charge in [-0.25, -0.2) is 0 Å². The molecule has 76 heavy (non-hydrogen) atoms. The van der Waals surface area contributed by atoms with Gasteiger partial charge in [-0.05, 0) is 51.4 Å². The second-order valence-electron chi connectivity index (χ2n) is 21.1. The first kappa shape index (κ1) is 68.3. The Morgan fingerprint density at radius 2 is 0.868 bits per heavy atom. The molecule has 0 bridgehead atoms. The van der Waals surface area contributed by atoms with Crippen LogP contribution in [0.1, 0.15) is 187 Å². The number of hydrogen-bond acceptors (Lipinski definition) is 18. The summed E-state index contributed by atoms with van der Waals surface area (Å²) in [7, 11) is 0. The summed E-state index contributed by atoms with van der Waals surface area (Å²) < 4.78 is 34.1. The van der Waals surface area contributed by atoms with Crippen molar-refractivity contribution in [1.82, 2.24) is 5.32 Å². The topological polar surface area (TPSA) is 307 Å². The molecule has 3 rings (SSSR count). The number of nitrogens with one attached hydrogen (secondary N) is 1. The molecule has 17 unspecified atom stereocenters. The normalized spacial score (nSPS) is 31.2. The van der Waals surface area contributed by atoms with Gasteiger partial charge in [0, 0.05) is 6.42 Å². The number of rotatable bonds is 42. The van der Waals surface area contributed by atoms with Crippen LogP contribution in [-0.2, 0) is 33.2 Å². The second-order valence-corrected chi connectivity index (χ2v) is 21.1. The van der Waals surface area contributed by atoms with Crippen molar-refractivity contribution in [3.63, 3.8) is 0 Å². The number of aliphatic hydroxyl groups is 11. The van der Waals surface area contributed by atoms with Crippen LogP contribution in [0.25, 0.3) is 0 Å². The SMILES string of the molecule is CCC/C=C\CCCCCCCC(=O)NC(COC1OC(CO)C(OC2OC(CO)C(OC3OC(CO)C(O)C(O)C3O)C(O)C2O)C(O)C1O)C(O)/C=C/CC/C=C/CCCCCCCCCCCCCCCCC. The van der Waals surface area contributed by atoms with E-state index in [2.05, 4.69) is 43.5 Å². The van der Waals surface area contributed by atoms with Crippen LogP contribution in [0.4, 0.5) is 0 Å². The average Bonchev–Trinajstić information content (AvgIpc) is 3.42. The minimum absolute atomic E-state index is 0.224. The molecule has 0 radical (unpaired) electrons. The summed E-state index contributed by atoms with van der Waals surface area (Å²) in [6, 6.07) is -0.991. The molecule has 0 aliphatic carbocycles. The zero-order chi connectivity index (χ0) is 55.5. The molecule has 19 heteroatoms. The highest BCUT2D eigenvalue weighted by molar-refractivity contribution is 5.76. The first-order valence-electron chi connectivity index (χ1n) is 29.2. The van der Waals surface area contributed by atoms with Gasteiger partial charge in [0.05, 0.1) is 38.6 Å². The molecule has 0 aromatic rings. The predicted molar refractivity (Wildman–Crippen MR) is 286 cm³/mol. The van der Waals surface area contributed by atoms with Crippen molar-refractivity contribution in [2.75, 3.05) is 26.4 Å². The van der Waals surface area contributed by atoms with Crippen molar-refractivity contribution in [2.24, 2.45) is 0 Å². The molecule has 19 nitrogen and oxygen atoms in total. The molecule has 3 aliphatic heterocycles. The Labute approximate surface area is 453 Å². The molecule has 0 aromatic carbocycles. The Morgan fingerprint density at radius 3 is 1.37 bits per heavy atom. The highest BCUT2D eigenvalue weighted by Gasteiger charge is 2.53. The van der Waals surface area contributed by atoms with Gasteiger partial charge in [0.2, 0.25) is 5.91 Å². The van der Waals surface area contributed by atoms with Crippen LogP contribution < -0.4 is 5.32 Å². The largest absolute Gasteiger partial charge is 0.394 e. The van der Waals surface area contributed by atoms with E-state index in [1.165, 1.54) is 89.9 Å². The van der Waals surface area contributed by atoms with Crippen LogP contribution in [0, 0.1) is 0 Å². The Hall–Kier alpha value is -1.99. The van der Waals surface area contributed by atoms with E-state index in [0.717, 1.165) is 64.2 Å². The first-order chi connectivity index (χ1) is 36.8. The van der Waals surface area contributed by atoms with Crippen LogP contribution in [0.15, 0.2) is 36.5 Å². The van der Waals surface area contributed by atoms with Crippen LogP contribution in [0.5, 0.6) is 0 Å². The van der Waals surface area contributed by atoms with Crippen molar-refractivity contribution >= 4 is 5.91 Å². The molecular formula is C57H103NO18. The van der Waals surface area contributed by atoms with Gasteiger partial charge in [0.15, 0.2) is 18.9 Å². The summed E-state index contributed by atoms with van der Waals surface area (Å²) in [6.45, 7) is 1.61. The molecule has 3 saturated heterocycles. The second kappa shape index (κ2) is 41.1. The fourth-order valence-electron chi connectivity index (χ4n) is 9.80. The standard InChI is InChI=1S/C57H103NO18/c1-3-5-7-9-11-13-15-16-17-18-19-20-21-22-23-24-25-26-28-30-32-34-41(62)40(58-45(63)35-33-31-29-27-14-12-10-8-6-4-2)39-71-55-51(69)48(66)53(43(37-60)73-55)76-57-52(70)49(67)54(44(38-61)74-57)75-56-50(68)47(65)46(64)42(36-59)72-56/h8,10,25-26,32,34,40-44,46-57,59-62,64-70H,3-7,9,11-24,27-31,33,35-39H2,1-2H3,(H,58,63)/b10-8-,26-25+,34-32+. The third-order valence-electron chi connectivity index (χ3n) is 14.6. The minimum Gasteiger partial charge on any atom is -0.394 e. The molecule has 0 spiro atoms. The summed E-state index contributed by atoms with van der Waals surface area (Å²) in [5.74, 6) is -0.299. The maximum atomic E-state index is 13.2. The summed E-state index contributed by atoms with van der Waals surface area (Å²) >= 11 is 0. The van der Waals surface area contributed by atoms with Gasteiger partial charge < -0.3 is 89.9 Å². The zero-order valence-corrected chi connectivity index (χ0v) is 46.0. The highest BCUT2D eigenvalue weighted by atomic mass is 16.8. The zero-order valence-electron chi connectivity index (χ0n) is 46.0. The van der Waals surface area contributed by atoms with Gasteiger partial charge >= 0.3 is 0 Å². The number of amides is 1. The van der Waals surface area contributed by atoms with Gasteiger partial charge in [-0.2, -0.15) is 0 Å². The minimum atomic E-state index is -1.98. The molecule has 0 aromatic heterocycles. The third-order valence-corrected chi connectivity index (χ3v) is 14.6. The van der Waals surface area contributed by atoms with E-state index in [9.17, 15) is 61.0 Å². The lowest BCUT2D eigenvalue weighted by Crippen LogP contribution is -2.66. The van der Waals surface area contributed by atoms with Crippen LogP contribution in [-0.4, -0.2) is 193 Å². The van der Waals surface area contributed by atoms with Crippen LogP contribution in [0.3, 0.4) is 0 Å². The summed E-state index contributed by atoms with van der Waals surface area (Å²) in [6.07, 6.45) is 15.8. The quantitative estimate of drug-likeness (QED) is 0.0295. The first-order valence-corrected chi connectivity index (χ1v) is 29.2. The maximum Gasteiger partial charge on any atom is 0.220 e.